The molecule has 1 unspecified atom stereocenters. The van der Waals surface area contributed by atoms with Gasteiger partial charge >= 0.3 is 0 Å². The first-order valence-electron chi connectivity index (χ1n) is 5.61. The SMILES string of the molecule is O=C(Nc1ccc(Cl)c(O)c1)C1CC=CCC1. The second-order valence-electron chi connectivity index (χ2n) is 4.14. The lowest BCUT2D eigenvalue weighted by Crippen LogP contribution is -2.23. The van der Waals surface area contributed by atoms with Gasteiger partial charge in [0.25, 0.3) is 0 Å². The highest BCUT2D eigenvalue weighted by Gasteiger charge is 2.18. The molecule has 1 aliphatic rings. The molecule has 0 aromatic heterocycles. The maximum Gasteiger partial charge on any atom is 0.227 e. The smallest absolute Gasteiger partial charge is 0.227 e. The molecular formula is C13H14ClNO2. The number of phenolic OH excluding ortho intramolecular Hbond substituents is 1. The van der Waals surface area contributed by atoms with Gasteiger partial charge in [-0.1, -0.05) is 23.8 Å². The van der Waals surface area contributed by atoms with Crippen LogP contribution in [0.5, 0.6) is 5.75 Å². The van der Waals surface area contributed by atoms with Crippen LogP contribution in [-0.4, -0.2) is 11.0 Å². The third-order valence-electron chi connectivity index (χ3n) is 2.85. The van der Waals surface area contributed by atoms with Crippen molar-refractivity contribution >= 4 is 23.2 Å². The number of carbonyl (C=O) groups is 1. The summed E-state index contributed by atoms with van der Waals surface area (Å²) in [5.41, 5.74) is 0.575. The van der Waals surface area contributed by atoms with Gasteiger partial charge < -0.3 is 10.4 Å². The second-order valence-corrected chi connectivity index (χ2v) is 4.54. The van der Waals surface area contributed by atoms with E-state index < -0.39 is 0 Å². The van der Waals surface area contributed by atoms with E-state index in [0.29, 0.717) is 5.69 Å². The zero-order valence-corrected chi connectivity index (χ0v) is 10.1. The maximum absolute atomic E-state index is 11.9. The number of aromatic hydroxyl groups is 1. The van der Waals surface area contributed by atoms with E-state index in [1.807, 2.05) is 6.08 Å². The Bertz CT molecular complexity index is 457. The average molecular weight is 252 g/mol. The third kappa shape index (κ3) is 3.01. The van der Waals surface area contributed by atoms with Crippen LogP contribution in [0.2, 0.25) is 5.02 Å². The normalized spacial score (nSPS) is 19.0. The Morgan fingerprint density at radius 1 is 1.41 bits per heavy atom. The molecule has 0 bridgehead atoms. The Labute approximate surface area is 105 Å². The number of allylic oxidation sites excluding steroid dienone is 2. The summed E-state index contributed by atoms with van der Waals surface area (Å²) in [4.78, 5) is 11.9. The van der Waals surface area contributed by atoms with E-state index in [-0.39, 0.29) is 22.6 Å². The lowest BCUT2D eigenvalue weighted by atomic mass is 9.93. The zero-order valence-electron chi connectivity index (χ0n) is 9.32. The molecule has 17 heavy (non-hydrogen) atoms. The average Bonchev–Trinajstić information content (AvgIpc) is 2.35. The Kier molecular flexibility index (Phi) is 3.69. The summed E-state index contributed by atoms with van der Waals surface area (Å²) in [6, 6.07) is 4.70. The fraction of sp³-hybridized carbons (Fsp3) is 0.308. The number of nitrogens with one attached hydrogen (secondary N) is 1. The number of halogens is 1. The molecule has 0 radical (unpaired) electrons. The Balaban J connectivity index is 2.02. The van der Waals surface area contributed by atoms with E-state index in [0.717, 1.165) is 19.3 Å². The van der Waals surface area contributed by atoms with Crippen LogP contribution in [0.1, 0.15) is 19.3 Å². The molecule has 1 atom stereocenters. The van der Waals surface area contributed by atoms with Crippen molar-refractivity contribution in [3.63, 3.8) is 0 Å². The highest BCUT2D eigenvalue weighted by Crippen LogP contribution is 2.27. The van der Waals surface area contributed by atoms with Crippen molar-refractivity contribution in [1.29, 1.82) is 0 Å². The molecule has 0 heterocycles. The molecule has 90 valence electrons. The van der Waals surface area contributed by atoms with Crippen molar-refractivity contribution in [3.05, 3.63) is 35.4 Å². The Hall–Kier alpha value is -1.48. The summed E-state index contributed by atoms with van der Waals surface area (Å²) in [7, 11) is 0. The topological polar surface area (TPSA) is 49.3 Å². The number of benzene rings is 1. The highest BCUT2D eigenvalue weighted by atomic mass is 35.5. The van der Waals surface area contributed by atoms with Gasteiger partial charge in [0.05, 0.1) is 5.02 Å². The third-order valence-corrected chi connectivity index (χ3v) is 3.17. The van der Waals surface area contributed by atoms with Gasteiger partial charge in [0.2, 0.25) is 5.91 Å². The predicted octanol–water partition coefficient (Wildman–Crippen LogP) is 3.34. The molecule has 1 aliphatic carbocycles. The van der Waals surface area contributed by atoms with Crippen LogP contribution in [0.3, 0.4) is 0 Å². The van der Waals surface area contributed by atoms with Crippen molar-refractivity contribution in [2.45, 2.75) is 19.3 Å². The van der Waals surface area contributed by atoms with Gasteiger partial charge in [-0.25, -0.2) is 0 Å². The van der Waals surface area contributed by atoms with E-state index in [1.54, 1.807) is 12.1 Å². The summed E-state index contributed by atoms with van der Waals surface area (Å²) in [6.45, 7) is 0. The van der Waals surface area contributed by atoms with Crippen molar-refractivity contribution in [3.8, 4) is 5.75 Å². The van der Waals surface area contributed by atoms with Crippen LogP contribution in [0.15, 0.2) is 30.4 Å². The van der Waals surface area contributed by atoms with E-state index >= 15 is 0 Å². The van der Waals surface area contributed by atoms with Crippen molar-refractivity contribution in [2.24, 2.45) is 5.92 Å². The lowest BCUT2D eigenvalue weighted by Gasteiger charge is -2.17. The predicted molar refractivity (Wildman–Crippen MR) is 68.2 cm³/mol. The molecule has 0 fully saturated rings. The van der Waals surface area contributed by atoms with Gasteiger partial charge in [-0.05, 0) is 31.4 Å². The summed E-state index contributed by atoms with van der Waals surface area (Å²) in [6.07, 6.45) is 6.74. The zero-order chi connectivity index (χ0) is 12.3. The Morgan fingerprint density at radius 2 is 2.24 bits per heavy atom. The number of anilines is 1. The van der Waals surface area contributed by atoms with Gasteiger partial charge in [0.1, 0.15) is 5.75 Å². The molecule has 1 amide bonds. The fourth-order valence-electron chi connectivity index (χ4n) is 1.87. The highest BCUT2D eigenvalue weighted by molar-refractivity contribution is 6.32. The van der Waals surface area contributed by atoms with E-state index in [9.17, 15) is 9.90 Å². The standard InChI is InChI=1S/C13H14ClNO2/c14-11-7-6-10(8-12(11)16)15-13(17)9-4-2-1-3-5-9/h1-2,6-9,16H,3-5H2,(H,15,17). The van der Waals surface area contributed by atoms with Crippen molar-refractivity contribution in [2.75, 3.05) is 5.32 Å². The first kappa shape index (κ1) is 12.0. The van der Waals surface area contributed by atoms with Crippen LogP contribution in [0, 0.1) is 5.92 Å². The van der Waals surface area contributed by atoms with E-state index in [2.05, 4.69) is 11.4 Å². The quantitative estimate of drug-likeness (QED) is 0.792. The largest absolute Gasteiger partial charge is 0.506 e. The molecular weight excluding hydrogens is 238 g/mol. The first-order valence-corrected chi connectivity index (χ1v) is 5.99. The number of hydrogen-bond acceptors (Lipinski definition) is 2. The number of hydrogen-bond donors (Lipinski definition) is 2. The molecule has 1 aromatic carbocycles. The summed E-state index contributed by atoms with van der Waals surface area (Å²) in [5.74, 6) is 0.00176. The minimum absolute atomic E-state index is 0.00364. The van der Waals surface area contributed by atoms with Gasteiger partial charge in [-0.3, -0.25) is 4.79 Å². The van der Waals surface area contributed by atoms with Crippen LogP contribution in [0.25, 0.3) is 0 Å². The molecule has 2 rings (SSSR count). The summed E-state index contributed by atoms with van der Waals surface area (Å²) < 4.78 is 0. The van der Waals surface area contributed by atoms with E-state index in [1.165, 1.54) is 6.07 Å². The van der Waals surface area contributed by atoms with E-state index in [4.69, 9.17) is 11.6 Å². The molecule has 0 saturated heterocycles. The van der Waals surface area contributed by atoms with Crippen LogP contribution in [-0.2, 0) is 4.79 Å². The fourth-order valence-corrected chi connectivity index (χ4v) is 1.98. The summed E-state index contributed by atoms with van der Waals surface area (Å²) in [5, 5.41) is 12.5. The minimum Gasteiger partial charge on any atom is -0.506 e. The number of carbonyl (C=O) groups excluding carboxylic acids is 1. The first-order chi connectivity index (χ1) is 8.16. The molecule has 4 heteroatoms. The number of amides is 1. The van der Waals surface area contributed by atoms with Crippen molar-refractivity contribution < 1.29 is 9.90 Å². The molecule has 2 N–H and O–H groups in total. The van der Waals surface area contributed by atoms with Crippen LogP contribution < -0.4 is 5.32 Å². The molecule has 0 saturated carbocycles. The van der Waals surface area contributed by atoms with Gasteiger partial charge in [0.15, 0.2) is 0 Å². The maximum atomic E-state index is 11.9. The molecule has 0 spiro atoms. The lowest BCUT2D eigenvalue weighted by molar-refractivity contribution is -0.120. The molecule has 0 aliphatic heterocycles. The van der Waals surface area contributed by atoms with Gasteiger partial charge in [-0.2, -0.15) is 0 Å². The van der Waals surface area contributed by atoms with Gasteiger partial charge in [-0.15, -0.1) is 0 Å². The summed E-state index contributed by atoms with van der Waals surface area (Å²) >= 11 is 5.69. The monoisotopic (exact) mass is 251 g/mol. The number of rotatable bonds is 2. The minimum atomic E-state index is -0.0204. The number of phenols is 1. The van der Waals surface area contributed by atoms with Crippen molar-refractivity contribution in [1.82, 2.24) is 0 Å². The van der Waals surface area contributed by atoms with Crippen LogP contribution in [0.4, 0.5) is 5.69 Å². The molecule has 1 aromatic rings. The van der Waals surface area contributed by atoms with Gasteiger partial charge in [0, 0.05) is 17.7 Å². The molecule has 3 nitrogen and oxygen atoms in total. The second kappa shape index (κ2) is 5.23. The Morgan fingerprint density at radius 3 is 2.88 bits per heavy atom. The van der Waals surface area contributed by atoms with Crippen LogP contribution >= 0.6 is 11.6 Å².